The number of nitriles is 2. The molecule has 2 fully saturated rings. The average Bonchev–Trinajstić information content (AvgIpc) is 3.35. The van der Waals surface area contributed by atoms with Crippen molar-refractivity contribution in [2.45, 2.75) is 38.3 Å². The fourth-order valence-corrected chi connectivity index (χ4v) is 3.68. The molecule has 162 valence electrons. The molecule has 0 radical (unpaired) electrons. The lowest BCUT2D eigenvalue weighted by atomic mass is 10.1. The van der Waals surface area contributed by atoms with Crippen molar-refractivity contribution in [3.05, 3.63) is 21.2 Å². The number of rotatable bonds is 8. The minimum absolute atomic E-state index is 0.000191. The lowest BCUT2D eigenvalue weighted by Gasteiger charge is -2.24. The van der Waals surface area contributed by atoms with Gasteiger partial charge in [-0.2, -0.15) is 10.5 Å². The van der Waals surface area contributed by atoms with Gasteiger partial charge in [0, 0.05) is 12.8 Å². The standard InChI is InChI=1S/C20H22Cl2N2O6/c1-19(27-7-8-28-19)3-5-25-17-13(11-23)14(12-24)18(16(22)15(17)21)26-6-4-20(2)29-9-10-30-20/h3-10H2,1-2H3. The fourth-order valence-electron chi connectivity index (χ4n) is 3.21. The largest absolute Gasteiger partial charge is 0.490 e. The lowest BCUT2D eigenvalue weighted by Crippen LogP contribution is -2.28. The van der Waals surface area contributed by atoms with E-state index in [-0.39, 0.29) is 45.9 Å². The predicted molar refractivity (Wildman–Crippen MR) is 107 cm³/mol. The molecule has 2 aliphatic rings. The fraction of sp³-hybridized carbons (Fsp3) is 0.600. The maximum atomic E-state index is 9.64. The van der Waals surface area contributed by atoms with E-state index in [9.17, 15) is 10.5 Å². The van der Waals surface area contributed by atoms with Gasteiger partial charge in [-0.05, 0) is 13.8 Å². The quantitative estimate of drug-likeness (QED) is 0.581. The number of nitrogens with zero attached hydrogens (tertiary/aromatic N) is 2. The van der Waals surface area contributed by atoms with E-state index in [1.54, 1.807) is 13.8 Å². The summed E-state index contributed by atoms with van der Waals surface area (Å²) >= 11 is 12.7. The minimum atomic E-state index is -0.759. The molecule has 1 aromatic rings. The van der Waals surface area contributed by atoms with Gasteiger partial charge in [-0.3, -0.25) is 0 Å². The van der Waals surface area contributed by atoms with E-state index in [1.807, 2.05) is 12.1 Å². The van der Waals surface area contributed by atoms with E-state index < -0.39 is 11.6 Å². The summed E-state index contributed by atoms with van der Waals surface area (Å²) in [4.78, 5) is 0. The first-order valence-corrected chi connectivity index (χ1v) is 10.2. The third-order valence-electron chi connectivity index (χ3n) is 4.92. The van der Waals surface area contributed by atoms with Crippen LogP contribution in [0.5, 0.6) is 11.5 Å². The molecule has 0 N–H and O–H groups in total. The smallest absolute Gasteiger partial charge is 0.168 e. The summed E-state index contributed by atoms with van der Waals surface area (Å²) in [5, 5.41) is 19.3. The number of ether oxygens (including phenoxy) is 6. The van der Waals surface area contributed by atoms with Gasteiger partial charge in [0.2, 0.25) is 0 Å². The predicted octanol–water partition coefficient (Wildman–Crippen LogP) is 3.80. The molecule has 2 aliphatic heterocycles. The number of benzene rings is 1. The summed E-state index contributed by atoms with van der Waals surface area (Å²) in [6.07, 6.45) is 0.815. The molecule has 2 heterocycles. The van der Waals surface area contributed by atoms with Crippen LogP contribution in [0.1, 0.15) is 37.8 Å². The zero-order chi connectivity index (χ0) is 21.8. The number of halogens is 2. The number of hydrogen-bond acceptors (Lipinski definition) is 8. The maximum Gasteiger partial charge on any atom is 0.168 e. The Balaban J connectivity index is 1.77. The van der Waals surface area contributed by atoms with Crippen LogP contribution in [0.15, 0.2) is 0 Å². The van der Waals surface area contributed by atoms with Gasteiger partial charge in [0.1, 0.15) is 33.3 Å². The van der Waals surface area contributed by atoms with Crippen molar-refractivity contribution in [2.75, 3.05) is 39.6 Å². The van der Waals surface area contributed by atoms with Crippen LogP contribution in [0, 0.1) is 22.7 Å². The van der Waals surface area contributed by atoms with Gasteiger partial charge in [0.15, 0.2) is 23.1 Å². The topological polar surface area (TPSA) is 103 Å². The third kappa shape index (κ3) is 4.92. The highest BCUT2D eigenvalue weighted by Crippen LogP contribution is 2.45. The Morgan fingerprint density at radius 3 is 1.40 bits per heavy atom. The van der Waals surface area contributed by atoms with Gasteiger partial charge < -0.3 is 28.4 Å². The summed E-state index contributed by atoms with van der Waals surface area (Å²) in [6.45, 7) is 5.94. The molecule has 10 heteroatoms. The van der Waals surface area contributed by atoms with E-state index in [0.717, 1.165) is 0 Å². The molecule has 0 atom stereocenters. The van der Waals surface area contributed by atoms with Crippen LogP contribution in [-0.2, 0) is 18.9 Å². The minimum Gasteiger partial charge on any atom is -0.490 e. The van der Waals surface area contributed by atoms with Gasteiger partial charge in [-0.1, -0.05) is 23.2 Å². The molecule has 0 aromatic heterocycles. The van der Waals surface area contributed by atoms with Crippen molar-refractivity contribution in [1.82, 2.24) is 0 Å². The van der Waals surface area contributed by atoms with Gasteiger partial charge in [-0.25, -0.2) is 0 Å². The highest BCUT2D eigenvalue weighted by molar-refractivity contribution is 6.44. The highest BCUT2D eigenvalue weighted by Gasteiger charge is 2.33. The van der Waals surface area contributed by atoms with Crippen molar-refractivity contribution < 1.29 is 28.4 Å². The summed E-state index contributed by atoms with van der Waals surface area (Å²) in [5.41, 5.74) is -0.0835. The molecule has 0 spiro atoms. The van der Waals surface area contributed by atoms with E-state index in [4.69, 9.17) is 51.6 Å². The van der Waals surface area contributed by atoms with Crippen LogP contribution in [0.3, 0.4) is 0 Å². The molecule has 2 saturated heterocycles. The first kappa shape index (κ1) is 22.9. The summed E-state index contributed by atoms with van der Waals surface area (Å²) in [6, 6.07) is 3.94. The second-order valence-electron chi connectivity index (χ2n) is 7.12. The van der Waals surface area contributed by atoms with Crippen LogP contribution in [-0.4, -0.2) is 51.2 Å². The highest BCUT2D eigenvalue weighted by atomic mass is 35.5. The van der Waals surface area contributed by atoms with Crippen LogP contribution < -0.4 is 9.47 Å². The number of hydrogen-bond donors (Lipinski definition) is 0. The SMILES string of the molecule is CC1(CCOc2c(Cl)c(Cl)c(OCCC3(C)OCCO3)c(C#N)c2C#N)OCCO1. The van der Waals surface area contributed by atoms with Crippen molar-refractivity contribution in [1.29, 1.82) is 10.5 Å². The molecule has 0 saturated carbocycles. The molecular formula is C20H22Cl2N2O6. The first-order chi connectivity index (χ1) is 14.3. The Labute approximate surface area is 185 Å². The van der Waals surface area contributed by atoms with Gasteiger partial charge in [0.05, 0.1) is 39.6 Å². The molecule has 30 heavy (non-hydrogen) atoms. The zero-order valence-corrected chi connectivity index (χ0v) is 18.3. The van der Waals surface area contributed by atoms with Gasteiger partial charge >= 0.3 is 0 Å². The normalized spacial score (nSPS) is 19.3. The van der Waals surface area contributed by atoms with Crippen LogP contribution in [0.2, 0.25) is 10.0 Å². The molecular weight excluding hydrogens is 435 g/mol. The molecule has 0 bridgehead atoms. The van der Waals surface area contributed by atoms with Crippen LogP contribution in [0.25, 0.3) is 0 Å². The summed E-state index contributed by atoms with van der Waals surface area (Å²) in [5.74, 6) is -1.46. The Bertz CT molecular complexity index is 797. The summed E-state index contributed by atoms with van der Waals surface area (Å²) in [7, 11) is 0. The van der Waals surface area contributed by atoms with Gasteiger partial charge in [-0.15, -0.1) is 0 Å². The molecule has 8 nitrogen and oxygen atoms in total. The van der Waals surface area contributed by atoms with Crippen molar-refractivity contribution >= 4 is 23.2 Å². The summed E-state index contributed by atoms with van der Waals surface area (Å²) < 4.78 is 33.6. The van der Waals surface area contributed by atoms with E-state index in [2.05, 4.69) is 0 Å². The lowest BCUT2D eigenvalue weighted by molar-refractivity contribution is -0.151. The average molecular weight is 457 g/mol. The second kappa shape index (κ2) is 9.57. The molecule has 0 unspecified atom stereocenters. The Morgan fingerprint density at radius 2 is 1.10 bits per heavy atom. The Morgan fingerprint density at radius 1 is 0.767 bits per heavy atom. The third-order valence-corrected chi connectivity index (χ3v) is 5.74. The van der Waals surface area contributed by atoms with E-state index >= 15 is 0 Å². The van der Waals surface area contributed by atoms with Crippen molar-refractivity contribution in [3.8, 4) is 23.6 Å². The van der Waals surface area contributed by atoms with E-state index in [1.165, 1.54) is 0 Å². The molecule has 0 aliphatic carbocycles. The second-order valence-corrected chi connectivity index (χ2v) is 7.87. The monoisotopic (exact) mass is 456 g/mol. The van der Waals surface area contributed by atoms with Crippen LogP contribution >= 0.6 is 23.2 Å². The maximum absolute atomic E-state index is 9.64. The Hall–Kier alpha value is -1.78. The Kier molecular flexibility index (Phi) is 7.30. The molecule has 0 amide bonds. The van der Waals surface area contributed by atoms with Gasteiger partial charge in [0.25, 0.3) is 0 Å². The van der Waals surface area contributed by atoms with Crippen molar-refractivity contribution in [3.63, 3.8) is 0 Å². The van der Waals surface area contributed by atoms with Crippen LogP contribution in [0.4, 0.5) is 0 Å². The zero-order valence-electron chi connectivity index (χ0n) is 16.8. The van der Waals surface area contributed by atoms with Crippen molar-refractivity contribution in [2.24, 2.45) is 0 Å². The van der Waals surface area contributed by atoms with E-state index in [0.29, 0.717) is 39.3 Å². The molecule has 1 aromatic carbocycles. The first-order valence-electron chi connectivity index (χ1n) is 9.49. The molecule has 3 rings (SSSR count).